The first-order valence-electron chi connectivity index (χ1n) is 7.60. The number of aliphatic hydroxyl groups is 1. The van der Waals surface area contributed by atoms with E-state index in [9.17, 15) is 14.7 Å². The molecule has 0 aromatic heterocycles. The summed E-state index contributed by atoms with van der Waals surface area (Å²) in [5, 5.41) is 9.72. The molecule has 1 aromatic carbocycles. The monoisotopic (exact) mass is 347 g/mol. The molecule has 1 aliphatic rings. The van der Waals surface area contributed by atoms with E-state index in [1.165, 1.54) is 47.3 Å². The number of rotatable bonds is 6. The van der Waals surface area contributed by atoms with Gasteiger partial charge in [0, 0.05) is 7.11 Å². The lowest BCUT2D eigenvalue weighted by atomic mass is 9.94. The zero-order chi connectivity index (χ0) is 18.8. The smallest absolute Gasteiger partial charge is 0.203 e. The van der Waals surface area contributed by atoms with Crippen LogP contribution < -0.4 is 9.47 Å². The minimum Gasteiger partial charge on any atom is -0.496 e. The molecule has 1 unspecified atom stereocenters. The number of carbonyl (C=O) groups is 2. The Morgan fingerprint density at radius 2 is 1.80 bits per heavy atom. The number of fused-ring (bicyclic) bond motifs is 1. The normalized spacial score (nSPS) is 17.3. The molecular formula is C18H21NO6. The van der Waals surface area contributed by atoms with E-state index < -0.39 is 17.5 Å². The van der Waals surface area contributed by atoms with Crippen molar-refractivity contribution in [2.45, 2.75) is 25.6 Å². The van der Waals surface area contributed by atoms with Crippen LogP contribution in [0.1, 0.15) is 24.2 Å². The number of nitrogens with zero attached hydrogens (tertiary/aromatic N) is 1. The highest BCUT2D eigenvalue weighted by molar-refractivity contribution is 6.25. The van der Waals surface area contributed by atoms with Crippen molar-refractivity contribution in [2.24, 2.45) is 4.99 Å². The Kier molecular flexibility index (Phi) is 5.39. The first-order chi connectivity index (χ1) is 11.7. The van der Waals surface area contributed by atoms with Gasteiger partial charge in [0.05, 0.1) is 25.5 Å². The second kappa shape index (κ2) is 7.16. The number of ether oxygens (including phenoxy) is 3. The summed E-state index contributed by atoms with van der Waals surface area (Å²) in [4.78, 5) is 29.2. The fourth-order valence-electron chi connectivity index (χ4n) is 2.41. The summed E-state index contributed by atoms with van der Waals surface area (Å²) >= 11 is 0. The van der Waals surface area contributed by atoms with Crippen molar-refractivity contribution in [3.05, 3.63) is 29.8 Å². The average molecular weight is 347 g/mol. The predicted molar refractivity (Wildman–Crippen MR) is 92.2 cm³/mol. The van der Waals surface area contributed by atoms with Crippen LogP contribution in [-0.4, -0.2) is 55.4 Å². The fraction of sp³-hybridized carbons (Fsp3) is 0.389. The van der Waals surface area contributed by atoms with E-state index in [2.05, 4.69) is 4.99 Å². The van der Waals surface area contributed by atoms with Crippen LogP contribution in [-0.2, 0) is 9.53 Å². The van der Waals surface area contributed by atoms with E-state index >= 15 is 0 Å². The summed E-state index contributed by atoms with van der Waals surface area (Å²) < 4.78 is 15.8. The zero-order valence-electron chi connectivity index (χ0n) is 14.8. The van der Waals surface area contributed by atoms with E-state index in [0.717, 1.165) is 0 Å². The molecule has 0 saturated heterocycles. The third-order valence-electron chi connectivity index (χ3n) is 3.78. The Morgan fingerprint density at radius 3 is 2.32 bits per heavy atom. The van der Waals surface area contributed by atoms with Gasteiger partial charge in [-0.2, -0.15) is 0 Å². The first-order valence-corrected chi connectivity index (χ1v) is 7.60. The molecule has 7 heteroatoms. The molecule has 0 radical (unpaired) electrons. The minimum absolute atomic E-state index is 0.240. The van der Waals surface area contributed by atoms with Gasteiger partial charge in [-0.15, -0.1) is 0 Å². The van der Waals surface area contributed by atoms with Crippen LogP contribution >= 0.6 is 0 Å². The molecule has 0 amide bonds. The maximum Gasteiger partial charge on any atom is 0.203 e. The molecule has 1 atom stereocenters. The van der Waals surface area contributed by atoms with Crippen molar-refractivity contribution in [1.29, 1.82) is 0 Å². The van der Waals surface area contributed by atoms with Gasteiger partial charge in [0.2, 0.25) is 5.78 Å². The van der Waals surface area contributed by atoms with Gasteiger partial charge in [0.1, 0.15) is 22.8 Å². The van der Waals surface area contributed by atoms with E-state index in [-0.39, 0.29) is 17.1 Å². The van der Waals surface area contributed by atoms with Crippen LogP contribution in [0.15, 0.2) is 29.3 Å². The summed E-state index contributed by atoms with van der Waals surface area (Å²) in [6.07, 6.45) is 1.56. The summed E-state index contributed by atoms with van der Waals surface area (Å²) in [5.74, 6) is -0.0971. The lowest BCUT2D eigenvalue weighted by molar-refractivity contribution is -0.128. The molecule has 0 aliphatic carbocycles. The molecule has 134 valence electrons. The van der Waals surface area contributed by atoms with E-state index in [0.29, 0.717) is 17.2 Å². The number of methoxy groups -OCH3 is 3. The predicted octanol–water partition coefficient (Wildman–Crippen LogP) is 1.88. The third-order valence-corrected chi connectivity index (χ3v) is 3.78. The molecular weight excluding hydrogens is 326 g/mol. The highest BCUT2D eigenvalue weighted by Gasteiger charge is 2.35. The van der Waals surface area contributed by atoms with Crippen LogP contribution in [0.25, 0.3) is 0 Å². The van der Waals surface area contributed by atoms with Crippen molar-refractivity contribution >= 4 is 23.0 Å². The highest BCUT2D eigenvalue weighted by Crippen LogP contribution is 2.41. The van der Waals surface area contributed by atoms with Gasteiger partial charge < -0.3 is 19.3 Å². The van der Waals surface area contributed by atoms with Gasteiger partial charge >= 0.3 is 0 Å². The second-order valence-corrected chi connectivity index (χ2v) is 5.97. The number of hydrogen-bond acceptors (Lipinski definition) is 7. The van der Waals surface area contributed by atoms with Crippen LogP contribution in [0.3, 0.4) is 0 Å². The minimum atomic E-state index is -1.52. The third kappa shape index (κ3) is 3.62. The number of hydrogen-bond donors (Lipinski definition) is 1. The fourth-order valence-corrected chi connectivity index (χ4v) is 2.41. The van der Waals surface area contributed by atoms with Gasteiger partial charge in [-0.05, 0) is 38.1 Å². The van der Waals surface area contributed by atoms with Crippen molar-refractivity contribution in [2.75, 3.05) is 21.3 Å². The van der Waals surface area contributed by atoms with Gasteiger partial charge in [-0.1, -0.05) is 0 Å². The van der Waals surface area contributed by atoms with Crippen molar-refractivity contribution < 1.29 is 28.9 Å². The molecule has 0 saturated carbocycles. The summed E-state index contributed by atoms with van der Waals surface area (Å²) in [6.45, 7) is 2.76. The lowest BCUT2D eigenvalue weighted by Crippen LogP contribution is -2.35. The van der Waals surface area contributed by atoms with Crippen LogP contribution in [0.2, 0.25) is 0 Å². The molecule has 1 aliphatic heterocycles. The molecule has 1 N–H and O–H groups in total. The van der Waals surface area contributed by atoms with E-state index in [1.54, 1.807) is 12.1 Å². The second-order valence-electron chi connectivity index (χ2n) is 5.97. The summed E-state index contributed by atoms with van der Waals surface area (Å²) in [5.41, 5.74) is -0.698. The molecule has 1 aromatic rings. The molecule has 0 bridgehead atoms. The Hall–Kier alpha value is -2.51. The van der Waals surface area contributed by atoms with E-state index in [4.69, 9.17) is 14.2 Å². The SMILES string of the molecule is COc1ccc(OC)c2c1N=C(C=CC(=O)C(C)(C)O)C(OC)C2=O. The maximum absolute atomic E-state index is 12.8. The number of benzene rings is 1. The molecule has 1 heterocycles. The average Bonchev–Trinajstić information content (AvgIpc) is 2.57. The molecule has 0 spiro atoms. The van der Waals surface area contributed by atoms with Crippen molar-refractivity contribution in [3.63, 3.8) is 0 Å². The van der Waals surface area contributed by atoms with Crippen LogP contribution in [0.5, 0.6) is 11.5 Å². The molecule has 7 nitrogen and oxygen atoms in total. The van der Waals surface area contributed by atoms with Crippen molar-refractivity contribution in [1.82, 2.24) is 0 Å². The Bertz CT molecular complexity index is 758. The van der Waals surface area contributed by atoms with Gasteiger partial charge in [-0.3, -0.25) is 9.59 Å². The number of ketones is 2. The standard InChI is InChI=1S/C18H21NO6/c1-18(2,22)13(20)9-6-10-17(25-5)16(21)14-11(23-3)7-8-12(24-4)15(14)19-10/h6-9,17,22H,1-5H3. The molecule has 25 heavy (non-hydrogen) atoms. The maximum atomic E-state index is 12.8. The zero-order valence-corrected chi connectivity index (χ0v) is 14.8. The Balaban J connectivity index is 2.58. The number of aliphatic imine (C=N–C) groups is 1. The van der Waals surface area contributed by atoms with E-state index in [1.807, 2.05) is 0 Å². The van der Waals surface area contributed by atoms with Gasteiger partial charge in [0.25, 0.3) is 0 Å². The number of carbonyl (C=O) groups excluding carboxylic acids is 2. The summed E-state index contributed by atoms with van der Waals surface area (Å²) in [7, 11) is 4.30. The van der Waals surface area contributed by atoms with Crippen LogP contribution in [0.4, 0.5) is 5.69 Å². The van der Waals surface area contributed by atoms with Gasteiger partial charge in [-0.25, -0.2) is 4.99 Å². The summed E-state index contributed by atoms with van der Waals surface area (Å²) in [6, 6.07) is 3.27. The highest BCUT2D eigenvalue weighted by atomic mass is 16.5. The quantitative estimate of drug-likeness (QED) is 0.790. The molecule has 0 fully saturated rings. The van der Waals surface area contributed by atoms with Crippen LogP contribution in [0, 0.1) is 0 Å². The number of Topliss-reactive ketones (excluding diaryl/α,β-unsaturated/α-hetero) is 1. The largest absolute Gasteiger partial charge is 0.496 e. The van der Waals surface area contributed by atoms with Gasteiger partial charge in [0.15, 0.2) is 11.9 Å². The Morgan fingerprint density at radius 1 is 1.20 bits per heavy atom. The molecule has 2 rings (SSSR count). The Labute approximate surface area is 145 Å². The lowest BCUT2D eigenvalue weighted by Gasteiger charge is -2.24. The topological polar surface area (TPSA) is 94.4 Å². The van der Waals surface area contributed by atoms with Crippen molar-refractivity contribution in [3.8, 4) is 11.5 Å². The first kappa shape index (κ1) is 18.8.